The highest BCUT2D eigenvalue weighted by atomic mass is 35.5. The van der Waals surface area contributed by atoms with Crippen molar-refractivity contribution in [1.29, 1.82) is 0 Å². The highest BCUT2D eigenvalue weighted by Crippen LogP contribution is 2.29. The number of nitrogens with one attached hydrogen (secondary N) is 1. The summed E-state index contributed by atoms with van der Waals surface area (Å²) in [6.07, 6.45) is 0.792. The van der Waals surface area contributed by atoms with E-state index in [2.05, 4.69) is 5.32 Å². The standard InChI is InChI=1S/C34H34Cl2FN3O4S/c1-3-24(2)38-34(42)32(21-25-11-6-4-7-12-25)39(22-29-30(35)15-10-16-31(29)36)33(41)23-40(27-19-17-26(37)18-20-27)45(43,44)28-13-8-5-9-14-28/h4-20,24,32H,3,21-23H2,1-2H3,(H,38,42)/t24-,32-/m0/s1. The van der Waals surface area contributed by atoms with E-state index in [1.165, 1.54) is 29.2 Å². The van der Waals surface area contributed by atoms with Gasteiger partial charge in [0.05, 0.1) is 10.6 Å². The Morgan fingerprint density at radius 1 is 0.844 bits per heavy atom. The van der Waals surface area contributed by atoms with Crippen molar-refractivity contribution in [3.05, 3.63) is 130 Å². The molecule has 0 heterocycles. The van der Waals surface area contributed by atoms with E-state index in [1.54, 1.807) is 36.4 Å². The molecule has 0 radical (unpaired) electrons. The molecule has 4 rings (SSSR count). The van der Waals surface area contributed by atoms with Crippen molar-refractivity contribution in [3.8, 4) is 0 Å². The fourth-order valence-electron chi connectivity index (χ4n) is 4.70. The number of amides is 2. The quantitative estimate of drug-likeness (QED) is 0.168. The number of anilines is 1. The second-order valence-corrected chi connectivity index (χ2v) is 13.2. The third kappa shape index (κ3) is 8.63. The molecule has 0 saturated heterocycles. The van der Waals surface area contributed by atoms with E-state index < -0.39 is 40.2 Å². The van der Waals surface area contributed by atoms with Crippen molar-refractivity contribution >= 4 is 50.7 Å². The number of benzene rings is 4. The normalized spacial score (nSPS) is 12.6. The van der Waals surface area contributed by atoms with Crippen molar-refractivity contribution < 1.29 is 22.4 Å². The SMILES string of the molecule is CC[C@H](C)NC(=O)[C@H](Cc1ccccc1)N(Cc1c(Cl)cccc1Cl)C(=O)CN(c1ccc(F)cc1)S(=O)(=O)c1ccccc1. The van der Waals surface area contributed by atoms with E-state index in [0.717, 1.165) is 22.0 Å². The maximum Gasteiger partial charge on any atom is 0.264 e. The molecule has 2 amide bonds. The van der Waals surface area contributed by atoms with Gasteiger partial charge in [0.2, 0.25) is 11.8 Å². The van der Waals surface area contributed by atoms with Gasteiger partial charge in [-0.25, -0.2) is 12.8 Å². The van der Waals surface area contributed by atoms with Gasteiger partial charge in [-0.05, 0) is 67.4 Å². The molecule has 7 nitrogen and oxygen atoms in total. The Hall–Kier alpha value is -3.92. The van der Waals surface area contributed by atoms with E-state index in [9.17, 15) is 22.4 Å². The first kappa shape index (κ1) is 34.0. The van der Waals surface area contributed by atoms with Crippen LogP contribution in [0.3, 0.4) is 0 Å². The zero-order chi connectivity index (χ0) is 32.6. The summed E-state index contributed by atoms with van der Waals surface area (Å²) in [5, 5.41) is 3.55. The predicted octanol–water partition coefficient (Wildman–Crippen LogP) is 6.88. The molecule has 0 aliphatic heterocycles. The van der Waals surface area contributed by atoms with Crippen LogP contribution in [-0.4, -0.2) is 43.8 Å². The molecule has 4 aromatic carbocycles. The first-order valence-corrected chi connectivity index (χ1v) is 16.6. The molecule has 0 spiro atoms. The Kier molecular flexibility index (Phi) is 11.6. The number of carbonyl (C=O) groups is 2. The van der Waals surface area contributed by atoms with E-state index in [4.69, 9.17) is 23.2 Å². The lowest BCUT2D eigenvalue weighted by atomic mass is 10.0. The minimum absolute atomic E-state index is 0.0572. The van der Waals surface area contributed by atoms with E-state index in [0.29, 0.717) is 12.0 Å². The fraction of sp³-hybridized carbons (Fsp3) is 0.235. The van der Waals surface area contributed by atoms with Gasteiger partial charge in [0.25, 0.3) is 10.0 Å². The third-order valence-corrected chi connectivity index (χ3v) is 9.88. The Labute approximate surface area is 273 Å². The summed E-state index contributed by atoms with van der Waals surface area (Å²) in [5.74, 6) is -1.67. The molecule has 0 saturated carbocycles. The number of halogens is 3. The van der Waals surface area contributed by atoms with Gasteiger partial charge in [-0.15, -0.1) is 0 Å². The second kappa shape index (κ2) is 15.4. The molecule has 11 heteroatoms. The zero-order valence-electron chi connectivity index (χ0n) is 24.9. The van der Waals surface area contributed by atoms with E-state index in [1.807, 2.05) is 44.2 Å². The molecule has 236 valence electrons. The molecule has 2 atom stereocenters. The first-order valence-electron chi connectivity index (χ1n) is 14.4. The van der Waals surface area contributed by atoms with E-state index in [-0.39, 0.29) is 39.6 Å². The van der Waals surface area contributed by atoms with Crippen molar-refractivity contribution in [3.63, 3.8) is 0 Å². The van der Waals surface area contributed by atoms with Crippen LogP contribution in [-0.2, 0) is 32.6 Å². The van der Waals surface area contributed by atoms with Gasteiger partial charge in [-0.1, -0.05) is 84.7 Å². The largest absolute Gasteiger partial charge is 0.352 e. The lowest BCUT2D eigenvalue weighted by Gasteiger charge is -2.34. The van der Waals surface area contributed by atoms with Crippen LogP contribution in [0.5, 0.6) is 0 Å². The molecule has 4 aromatic rings. The van der Waals surface area contributed by atoms with Crippen molar-refractivity contribution in [1.82, 2.24) is 10.2 Å². The summed E-state index contributed by atoms with van der Waals surface area (Å²) in [7, 11) is -4.30. The lowest BCUT2D eigenvalue weighted by molar-refractivity contribution is -0.140. The van der Waals surface area contributed by atoms with Crippen LogP contribution in [0.15, 0.2) is 108 Å². The molecule has 0 fully saturated rings. The smallest absolute Gasteiger partial charge is 0.264 e. The van der Waals surface area contributed by atoms with Gasteiger partial charge < -0.3 is 10.2 Å². The topological polar surface area (TPSA) is 86.8 Å². The summed E-state index contributed by atoms with van der Waals surface area (Å²) in [4.78, 5) is 29.6. The van der Waals surface area contributed by atoms with Crippen LogP contribution in [0.1, 0.15) is 31.4 Å². The molecule has 1 N–H and O–H groups in total. The minimum atomic E-state index is -4.30. The highest BCUT2D eigenvalue weighted by Gasteiger charge is 2.35. The first-order chi connectivity index (χ1) is 21.5. The van der Waals surface area contributed by atoms with Gasteiger partial charge in [0, 0.05) is 34.6 Å². The van der Waals surface area contributed by atoms with Crippen molar-refractivity contribution in [2.24, 2.45) is 0 Å². The van der Waals surface area contributed by atoms with Crippen LogP contribution in [0.2, 0.25) is 10.0 Å². The van der Waals surface area contributed by atoms with Gasteiger partial charge >= 0.3 is 0 Å². The van der Waals surface area contributed by atoms with Crippen LogP contribution in [0, 0.1) is 5.82 Å². The summed E-state index contributed by atoms with van der Waals surface area (Å²) < 4.78 is 42.7. The van der Waals surface area contributed by atoms with Gasteiger partial charge in [0.15, 0.2) is 0 Å². The van der Waals surface area contributed by atoms with Crippen LogP contribution >= 0.6 is 23.2 Å². The molecule has 0 unspecified atom stereocenters. The summed E-state index contributed by atoms with van der Waals surface area (Å²) in [5.41, 5.74) is 1.27. The average Bonchev–Trinajstić information content (AvgIpc) is 3.04. The van der Waals surface area contributed by atoms with Gasteiger partial charge in [-0.3, -0.25) is 13.9 Å². The summed E-state index contributed by atoms with van der Waals surface area (Å²) in [6, 6.07) is 25.3. The van der Waals surface area contributed by atoms with Crippen LogP contribution in [0.25, 0.3) is 0 Å². The molecule has 0 aliphatic carbocycles. The van der Waals surface area contributed by atoms with Crippen molar-refractivity contribution in [2.45, 2.75) is 50.2 Å². The molecule has 0 aromatic heterocycles. The Morgan fingerprint density at radius 3 is 2.00 bits per heavy atom. The number of nitrogens with zero attached hydrogens (tertiary/aromatic N) is 2. The van der Waals surface area contributed by atoms with Gasteiger partial charge in [-0.2, -0.15) is 0 Å². The predicted molar refractivity (Wildman–Crippen MR) is 176 cm³/mol. The van der Waals surface area contributed by atoms with Crippen LogP contribution in [0.4, 0.5) is 10.1 Å². The zero-order valence-corrected chi connectivity index (χ0v) is 27.2. The van der Waals surface area contributed by atoms with Crippen LogP contribution < -0.4 is 9.62 Å². The third-order valence-electron chi connectivity index (χ3n) is 7.39. The van der Waals surface area contributed by atoms with Gasteiger partial charge in [0.1, 0.15) is 18.4 Å². The number of hydrogen-bond donors (Lipinski definition) is 1. The molecular formula is C34H34Cl2FN3O4S. The Balaban J connectivity index is 1.83. The maximum absolute atomic E-state index is 14.5. The van der Waals surface area contributed by atoms with Crippen molar-refractivity contribution in [2.75, 3.05) is 10.8 Å². The number of sulfonamides is 1. The molecule has 0 aliphatic rings. The maximum atomic E-state index is 14.5. The second-order valence-electron chi connectivity index (χ2n) is 10.5. The number of rotatable bonds is 13. The molecule has 0 bridgehead atoms. The molecular weight excluding hydrogens is 636 g/mol. The minimum Gasteiger partial charge on any atom is -0.352 e. The molecule has 45 heavy (non-hydrogen) atoms. The average molecular weight is 671 g/mol. The monoisotopic (exact) mass is 669 g/mol. The van der Waals surface area contributed by atoms with E-state index >= 15 is 0 Å². The lowest BCUT2D eigenvalue weighted by Crippen LogP contribution is -2.54. The summed E-state index contributed by atoms with van der Waals surface area (Å²) in [6.45, 7) is 2.92. The number of hydrogen-bond acceptors (Lipinski definition) is 4. The summed E-state index contributed by atoms with van der Waals surface area (Å²) >= 11 is 13.1. The highest BCUT2D eigenvalue weighted by molar-refractivity contribution is 7.92. The fourth-order valence-corrected chi connectivity index (χ4v) is 6.66. The Bertz CT molecular complexity index is 1690. The number of carbonyl (C=O) groups excluding carboxylic acids is 2. The Morgan fingerprint density at radius 2 is 1.42 bits per heavy atom.